The van der Waals surface area contributed by atoms with E-state index in [0.717, 1.165) is 37.6 Å². The van der Waals surface area contributed by atoms with Crippen molar-refractivity contribution in [3.63, 3.8) is 0 Å². The number of phenols is 1. The highest BCUT2D eigenvalue weighted by molar-refractivity contribution is 5.94. The van der Waals surface area contributed by atoms with Gasteiger partial charge in [0.1, 0.15) is 5.75 Å². The Morgan fingerprint density at radius 2 is 1.48 bits per heavy atom. The fraction of sp³-hybridized carbons (Fsp3) is 0.458. The molecule has 1 fully saturated rings. The van der Waals surface area contributed by atoms with Crippen molar-refractivity contribution >= 4 is 17.3 Å². The molecule has 0 unspecified atom stereocenters. The monoisotopic (exact) mass is 395 g/mol. The summed E-state index contributed by atoms with van der Waals surface area (Å²) in [5.41, 5.74) is 4.49. The Balaban J connectivity index is 1.60. The van der Waals surface area contributed by atoms with Crippen molar-refractivity contribution in [3.8, 4) is 5.75 Å². The molecule has 0 saturated carbocycles. The van der Waals surface area contributed by atoms with E-state index in [1.807, 2.05) is 12.1 Å². The van der Waals surface area contributed by atoms with Gasteiger partial charge < -0.3 is 15.3 Å². The van der Waals surface area contributed by atoms with E-state index in [4.69, 9.17) is 0 Å². The number of carbonyl (C=O) groups is 1. The quantitative estimate of drug-likeness (QED) is 0.761. The van der Waals surface area contributed by atoms with E-state index in [1.165, 1.54) is 11.1 Å². The van der Waals surface area contributed by atoms with E-state index in [-0.39, 0.29) is 11.7 Å². The van der Waals surface area contributed by atoms with Gasteiger partial charge in [0.2, 0.25) is 5.91 Å². The van der Waals surface area contributed by atoms with E-state index < -0.39 is 0 Å². The lowest BCUT2D eigenvalue weighted by atomic mass is 9.92. The predicted molar refractivity (Wildman–Crippen MR) is 120 cm³/mol. The average Bonchev–Trinajstić information content (AvgIpc) is 2.69. The number of anilines is 2. The van der Waals surface area contributed by atoms with E-state index in [2.05, 4.69) is 61.0 Å². The van der Waals surface area contributed by atoms with E-state index in [0.29, 0.717) is 18.4 Å². The van der Waals surface area contributed by atoms with Crippen LogP contribution in [0.2, 0.25) is 0 Å². The number of hydrogen-bond donors (Lipinski definition) is 2. The van der Waals surface area contributed by atoms with Crippen molar-refractivity contribution in [2.24, 2.45) is 0 Å². The largest absolute Gasteiger partial charge is 0.508 e. The molecule has 0 spiro atoms. The molecule has 0 atom stereocenters. The Kier molecular flexibility index (Phi) is 6.80. The first-order chi connectivity index (χ1) is 13.8. The zero-order chi connectivity index (χ0) is 21.0. The van der Waals surface area contributed by atoms with Crippen molar-refractivity contribution in [3.05, 3.63) is 53.6 Å². The molecule has 1 amide bonds. The number of para-hydroxylation sites is 1. The van der Waals surface area contributed by atoms with Gasteiger partial charge in [-0.15, -0.1) is 0 Å². The number of carbonyl (C=O) groups excluding carboxylic acids is 1. The minimum absolute atomic E-state index is 0.0538. The van der Waals surface area contributed by atoms with E-state index in [1.54, 1.807) is 12.1 Å². The highest BCUT2D eigenvalue weighted by atomic mass is 16.3. The summed E-state index contributed by atoms with van der Waals surface area (Å²) < 4.78 is 0. The molecular weight excluding hydrogens is 362 g/mol. The van der Waals surface area contributed by atoms with Gasteiger partial charge in [0.05, 0.1) is 6.54 Å². The maximum atomic E-state index is 12.8. The van der Waals surface area contributed by atoms with Crippen LogP contribution in [-0.2, 0) is 4.79 Å². The molecule has 0 aliphatic carbocycles. The zero-order valence-corrected chi connectivity index (χ0v) is 18.0. The summed E-state index contributed by atoms with van der Waals surface area (Å²) in [6.07, 6.45) is 0. The lowest BCUT2D eigenvalue weighted by Gasteiger charge is -2.35. The third kappa shape index (κ3) is 5.30. The first-order valence-corrected chi connectivity index (χ1v) is 10.5. The second-order valence-electron chi connectivity index (χ2n) is 8.45. The third-order valence-corrected chi connectivity index (χ3v) is 5.59. The normalized spacial score (nSPS) is 15.2. The van der Waals surface area contributed by atoms with Crippen LogP contribution in [-0.4, -0.2) is 48.6 Å². The summed E-state index contributed by atoms with van der Waals surface area (Å²) in [5, 5.41) is 12.7. The number of aromatic hydroxyl groups is 1. The summed E-state index contributed by atoms with van der Waals surface area (Å²) in [6.45, 7) is 12.5. The molecule has 2 aromatic carbocycles. The Bertz CT molecular complexity index is 796. The summed E-state index contributed by atoms with van der Waals surface area (Å²) in [6, 6.07) is 13.6. The van der Waals surface area contributed by atoms with Crippen LogP contribution in [0.25, 0.3) is 0 Å². The van der Waals surface area contributed by atoms with Crippen LogP contribution in [0, 0.1) is 0 Å². The predicted octanol–water partition coefficient (Wildman–Crippen LogP) is 4.40. The lowest BCUT2D eigenvalue weighted by Crippen LogP contribution is -2.48. The van der Waals surface area contributed by atoms with Gasteiger partial charge in [-0.1, -0.05) is 45.9 Å². The highest BCUT2D eigenvalue weighted by Crippen LogP contribution is 2.32. The van der Waals surface area contributed by atoms with Crippen LogP contribution in [0.15, 0.2) is 42.5 Å². The number of amides is 1. The molecule has 1 aliphatic heterocycles. The van der Waals surface area contributed by atoms with Gasteiger partial charge in [0.25, 0.3) is 0 Å². The van der Waals surface area contributed by atoms with E-state index in [9.17, 15) is 9.90 Å². The number of nitrogens with one attached hydrogen (secondary N) is 1. The van der Waals surface area contributed by atoms with E-state index >= 15 is 0 Å². The SMILES string of the molecule is CC(C)c1cccc(C(C)C)c1NC(=O)CN1CCN(c2ccc(O)cc2)CC1. The molecule has 29 heavy (non-hydrogen) atoms. The molecule has 5 nitrogen and oxygen atoms in total. The van der Waals surface area contributed by atoms with Crippen molar-refractivity contribution < 1.29 is 9.90 Å². The first-order valence-electron chi connectivity index (χ1n) is 10.5. The number of nitrogens with zero attached hydrogens (tertiary/aromatic N) is 2. The van der Waals surface area contributed by atoms with Crippen molar-refractivity contribution in [1.82, 2.24) is 4.90 Å². The average molecular weight is 396 g/mol. The molecule has 1 aliphatic rings. The van der Waals surface area contributed by atoms with Crippen LogP contribution in [0.5, 0.6) is 5.75 Å². The standard InChI is InChI=1S/C24H33N3O2/c1-17(2)21-6-5-7-22(18(3)4)24(21)25-23(29)16-26-12-14-27(15-13-26)19-8-10-20(28)11-9-19/h5-11,17-18,28H,12-16H2,1-4H3,(H,25,29). The molecule has 2 aromatic rings. The first kappa shape index (κ1) is 21.2. The van der Waals surface area contributed by atoms with Gasteiger partial charge in [-0.2, -0.15) is 0 Å². The molecule has 0 aromatic heterocycles. The van der Waals surface area contributed by atoms with Gasteiger partial charge in [0.15, 0.2) is 0 Å². The number of piperazine rings is 1. The second kappa shape index (κ2) is 9.31. The number of hydrogen-bond acceptors (Lipinski definition) is 4. The molecule has 2 N–H and O–H groups in total. The zero-order valence-electron chi connectivity index (χ0n) is 18.0. The van der Waals surface area contributed by atoms with Crippen LogP contribution < -0.4 is 10.2 Å². The molecule has 0 bridgehead atoms. The van der Waals surface area contributed by atoms with Crippen molar-refractivity contribution in [2.45, 2.75) is 39.5 Å². The van der Waals surface area contributed by atoms with Gasteiger partial charge in [-0.05, 0) is 47.2 Å². The van der Waals surface area contributed by atoms with Gasteiger partial charge in [-0.3, -0.25) is 9.69 Å². The topological polar surface area (TPSA) is 55.8 Å². The minimum Gasteiger partial charge on any atom is -0.508 e. The lowest BCUT2D eigenvalue weighted by molar-refractivity contribution is -0.117. The van der Waals surface area contributed by atoms with Crippen LogP contribution in [0.4, 0.5) is 11.4 Å². The second-order valence-corrected chi connectivity index (χ2v) is 8.45. The maximum absolute atomic E-state index is 12.8. The number of benzene rings is 2. The third-order valence-electron chi connectivity index (χ3n) is 5.59. The van der Waals surface area contributed by atoms with Gasteiger partial charge in [0, 0.05) is 37.6 Å². The smallest absolute Gasteiger partial charge is 0.238 e. The summed E-state index contributed by atoms with van der Waals surface area (Å²) in [5.74, 6) is 1.06. The molecule has 0 radical (unpaired) electrons. The maximum Gasteiger partial charge on any atom is 0.238 e. The molecule has 1 heterocycles. The van der Waals surface area contributed by atoms with Gasteiger partial charge >= 0.3 is 0 Å². The van der Waals surface area contributed by atoms with Crippen LogP contribution in [0.3, 0.4) is 0 Å². The molecule has 3 rings (SSSR count). The Labute approximate surface area is 174 Å². The van der Waals surface area contributed by atoms with Crippen molar-refractivity contribution in [1.29, 1.82) is 0 Å². The number of rotatable bonds is 6. The highest BCUT2D eigenvalue weighted by Gasteiger charge is 2.21. The molecular formula is C24H33N3O2. The molecule has 5 heteroatoms. The van der Waals surface area contributed by atoms with Gasteiger partial charge in [-0.25, -0.2) is 0 Å². The summed E-state index contributed by atoms with van der Waals surface area (Å²) >= 11 is 0. The Hall–Kier alpha value is -2.53. The fourth-order valence-electron chi connectivity index (χ4n) is 3.91. The number of phenolic OH excluding ortho intramolecular Hbond substituents is 1. The summed E-state index contributed by atoms with van der Waals surface area (Å²) in [4.78, 5) is 17.3. The van der Waals surface area contributed by atoms with Crippen LogP contribution in [0.1, 0.15) is 50.7 Å². The minimum atomic E-state index is 0.0538. The summed E-state index contributed by atoms with van der Waals surface area (Å²) in [7, 11) is 0. The fourth-order valence-corrected chi connectivity index (χ4v) is 3.91. The van der Waals surface area contributed by atoms with Crippen molar-refractivity contribution in [2.75, 3.05) is 42.9 Å². The molecule has 156 valence electrons. The Morgan fingerprint density at radius 3 is 2.00 bits per heavy atom. The Morgan fingerprint density at radius 1 is 0.931 bits per heavy atom. The van der Waals surface area contributed by atoms with Crippen LogP contribution >= 0.6 is 0 Å². The molecule has 1 saturated heterocycles.